The van der Waals surface area contributed by atoms with Gasteiger partial charge in [0.15, 0.2) is 18.2 Å². The highest BCUT2D eigenvalue weighted by molar-refractivity contribution is 5.76. The predicted octanol–water partition coefficient (Wildman–Crippen LogP) is -9.44. The molecule has 18 N–H and O–H groups in total. The molecule has 0 amide bonds. The van der Waals surface area contributed by atoms with Crippen LogP contribution in [0.3, 0.4) is 0 Å². The summed E-state index contributed by atoms with van der Waals surface area (Å²) < 4.78 is 22.2. The van der Waals surface area contributed by atoms with Crippen molar-refractivity contribution in [2.45, 2.75) is 91.4 Å². The topological polar surface area (TPSA) is 360 Å². The molecule has 0 aromatic rings. The molecule has 1 saturated carbocycles. The van der Waals surface area contributed by atoms with E-state index in [4.69, 9.17) is 41.9 Å². The van der Waals surface area contributed by atoms with Gasteiger partial charge in [-0.25, -0.2) is 9.98 Å². The van der Waals surface area contributed by atoms with E-state index in [1.807, 2.05) is 0 Å². The van der Waals surface area contributed by atoms with Crippen LogP contribution >= 0.6 is 0 Å². The zero-order valence-electron chi connectivity index (χ0n) is 21.4. The number of aliphatic hydroxyl groups is 9. The maximum absolute atomic E-state index is 11.5. The highest BCUT2D eigenvalue weighted by Gasteiger charge is 2.63. The van der Waals surface area contributed by atoms with Crippen LogP contribution < -0.4 is 28.3 Å². The molecule has 0 bridgehead atoms. The monoisotopic (exact) mass is 585 g/mol. The number of nitrogens with one attached hydrogen (secondary N) is 1. The summed E-state index contributed by atoms with van der Waals surface area (Å²) in [4.78, 5) is 7.53. The van der Waals surface area contributed by atoms with Crippen molar-refractivity contribution in [2.75, 3.05) is 20.3 Å². The van der Waals surface area contributed by atoms with E-state index in [0.29, 0.717) is 0 Å². The number of ether oxygens (including phenoxy) is 4. The maximum atomic E-state index is 11.5. The summed E-state index contributed by atoms with van der Waals surface area (Å²) in [6, 6.07) is -4.33. The summed E-state index contributed by atoms with van der Waals surface area (Å²) in [5.41, 5.74) is 21.7. The lowest BCUT2D eigenvalue weighted by atomic mass is 9.81. The second-order valence-corrected chi connectivity index (χ2v) is 9.69. The third-order valence-corrected chi connectivity index (χ3v) is 7.06. The number of likely N-dealkylation sites (N-methyl/N-ethyl adjacent to an activating group) is 1. The molecule has 20 heteroatoms. The molecule has 3 rings (SSSR count). The molecule has 2 saturated heterocycles. The first-order valence-corrected chi connectivity index (χ1v) is 12.2. The summed E-state index contributed by atoms with van der Waals surface area (Å²) in [5.74, 6) is -4.04. The van der Waals surface area contributed by atoms with Gasteiger partial charge in [0.1, 0.15) is 67.0 Å². The fourth-order valence-electron chi connectivity index (χ4n) is 4.96. The van der Waals surface area contributed by atoms with Crippen LogP contribution in [-0.4, -0.2) is 170 Å². The first-order chi connectivity index (χ1) is 18.7. The van der Waals surface area contributed by atoms with Crippen molar-refractivity contribution in [3.63, 3.8) is 0 Å². The quantitative estimate of drug-likeness (QED) is 0.0678. The summed E-state index contributed by atoms with van der Waals surface area (Å²) in [7, 11) is 1.36. The van der Waals surface area contributed by atoms with Gasteiger partial charge in [0.2, 0.25) is 12.1 Å². The molecule has 2 aliphatic heterocycles. The van der Waals surface area contributed by atoms with Gasteiger partial charge in [-0.2, -0.15) is 0 Å². The van der Waals surface area contributed by atoms with Crippen LogP contribution in [0.4, 0.5) is 0 Å². The Labute approximate surface area is 227 Å². The van der Waals surface area contributed by atoms with Gasteiger partial charge in [-0.3, -0.25) is 0 Å². The SMILES string of the molecule is CN[C@H]1[C@H](O[C@]2(O)[C@@H](O[C@@H]3[C@H](O)[C@H](O)[C@H](N=C(N)N)[C@H](O)[C@H]3N=C(N)N)O[C@@H](CO)[C@@H]2O)O[C@@H](CO)[C@H](O)[C@@H]1O. The molecule has 0 radical (unpaired) electrons. The average molecular weight is 586 g/mol. The van der Waals surface area contributed by atoms with Crippen molar-refractivity contribution in [1.29, 1.82) is 0 Å². The molecule has 0 spiro atoms. The van der Waals surface area contributed by atoms with Gasteiger partial charge in [0.05, 0.1) is 19.3 Å². The lowest BCUT2D eigenvalue weighted by Crippen LogP contribution is -2.68. The number of guanidine groups is 2. The Bertz CT molecular complexity index is 912. The van der Waals surface area contributed by atoms with E-state index in [-0.39, 0.29) is 0 Å². The van der Waals surface area contributed by atoms with Gasteiger partial charge in [0, 0.05) is 0 Å². The minimum absolute atomic E-state index is 0.533. The molecule has 0 unspecified atom stereocenters. The van der Waals surface area contributed by atoms with Crippen molar-refractivity contribution in [1.82, 2.24) is 5.32 Å². The van der Waals surface area contributed by atoms with Gasteiger partial charge in [-0.15, -0.1) is 0 Å². The van der Waals surface area contributed by atoms with Gasteiger partial charge >= 0.3 is 0 Å². The minimum Gasteiger partial charge on any atom is -0.394 e. The molecule has 0 aromatic heterocycles. The number of rotatable bonds is 9. The number of hydrogen-bond donors (Lipinski definition) is 14. The molecule has 2 heterocycles. The Morgan fingerprint density at radius 2 is 1.38 bits per heavy atom. The number of nitrogens with two attached hydrogens (primary N) is 4. The largest absolute Gasteiger partial charge is 0.394 e. The summed E-state index contributed by atoms with van der Waals surface area (Å²) in [6.45, 7) is -1.62. The van der Waals surface area contributed by atoms with Crippen LogP contribution in [0.15, 0.2) is 9.98 Å². The molecule has 232 valence electrons. The number of hydrogen-bond acceptors (Lipinski definition) is 16. The Morgan fingerprint density at radius 1 is 0.800 bits per heavy atom. The number of aliphatic imine (C=N–C) groups is 2. The van der Waals surface area contributed by atoms with Crippen molar-refractivity contribution in [2.24, 2.45) is 32.9 Å². The Hall–Kier alpha value is -2.02. The molecular weight excluding hydrogens is 546 g/mol. The smallest absolute Gasteiger partial charge is 0.250 e. The lowest BCUT2D eigenvalue weighted by molar-refractivity contribution is -0.395. The fourth-order valence-corrected chi connectivity index (χ4v) is 4.96. The summed E-state index contributed by atoms with van der Waals surface area (Å²) in [5, 5.41) is 97.2. The van der Waals surface area contributed by atoms with Crippen molar-refractivity contribution in [3.8, 4) is 0 Å². The van der Waals surface area contributed by atoms with Crippen LogP contribution in [0.1, 0.15) is 0 Å². The highest BCUT2D eigenvalue weighted by atomic mass is 16.8. The number of aliphatic hydroxyl groups excluding tert-OH is 8. The molecule has 3 fully saturated rings. The molecule has 15 atom stereocenters. The fraction of sp³-hybridized carbons (Fsp3) is 0.900. The second-order valence-electron chi connectivity index (χ2n) is 9.69. The first kappa shape index (κ1) is 32.5. The molecule has 1 aliphatic carbocycles. The van der Waals surface area contributed by atoms with E-state index < -0.39 is 117 Å². The Balaban J connectivity index is 1.97. The molecule has 40 heavy (non-hydrogen) atoms. The van der Waals surface area contributed by atoms with Crippen molar-refractivity contribution in [3.05, 3.63) is 0 Å². The predicted molar refractivity (Wildman–Crippen MR) is 130 cm³/mol. The van der Waals surface area contributed by atoms with E-state index in [2.05, 4.69) is 15.3 Å². The first-order valence-electron chi connectivity index (χ1n) is 12.2. The third-order valence-electron chi connectivity index (χ3n) is 7.06. The van der Waals surface area contributed by atoms with Gasteiger partial charge < -0.3 is 93.2 Å². The lowest BCUT2D eigenvalue weighted by Gasteiger charge is -2.46. The van der Waals surface area contributed by atoms with E-state index >= 15 is 0 Å². The zero-order chi connectivity index (χ0) is 30.1. The molecule has 20 nitrogen and oxygen atoms in total. The zero-order valence-corrected chi connectivity index (χ0v) is 21.4. The van der Waals surface area contributed by atoms with Crippen molar-refractivity contribution < 1.29 is 64.9 Å². The average Bonchev–Trinajstić information content (AvgIpc) is 3.13. The van der Waals surface area contributed by atoms with Crippen molar-refractivity contribution >= 4 is 11.9 Å². The van der Waals surface area contributed by atoms with Gasteiger partial charge in [-0.1, -0.05) is 0 Å². The Morgan fingerprint density at radius 3 is 1.90 bits per heavy atom. The van der Waals surface area contributed by atoms with Crippen LogP contribution in [0.25, 0.3) is 0 Å². The normalized spacial score (nSPS) is 47.5. The van der Waals surface area contributed by atoms with Crippen LogP contribution in [0, 0.1) is 0 Å². The Kier molecular flexibility index (Phi) is 10.5. The standard InChI is InChI=1S/C20H39N7O13/c1-25-8-12(33)9(30)4(2-28)37-16(8)40-20(36)15(35)5(3-29)38-17(20)39-14-7(27-19(23)24)10(31)6(26-18(21)22)11(32)13(14)34/h4-17,25,28-36H,2-3H2,1H3,(H4,21,22,26)(H4,23,24,27)/t4-,5-,6+,7+,8+,9-,10-,11+,12+,13+,14-,15-,16-,17+,20-/m0/s1. The van der Waals surface area contributed by atoms with Crippen LogP contribution in [-0.2, 0) is 18.9 Å². The summed E-state index contributed by atoms with van der Waals surface area (Å²) in [6.07, 6.45) is -19.2. The molecule has 0 aromatic carbocycles. The summed E-state index contributed by atoms with van der Waals surface area (Å²) >= 11 is 0. The second kappa shape index (κ2) is 12.9. The highest BCUT2D eigenvalue weighted by Crippen LogP contribution is 2.39. The van der Waals surface area contributed by atoms with Crippen LogP contribution in [0.2, 0.25) is 0 Å². The van der Waals surface area contributed by atoms with Crippen LogP contribution in [0.5, 0.6) is 0 Å². The number of nitrogens with zero attached hydrogens (tertiary/aromatic N) is 2. The molecular formula is C20H39N7O13. The van der Waals surface area contributed by atoms with E-state index in [1.54, 1.807) is 0 Å². The van der Waals surface area contributed by atoms with E-state index in [1.165, 1.54) is 7.05 Å². The van der Waals surface area contributed by atoms with E-state index in [0.717, 1.165) is 0 Å². The third kappa shape index (κ3) is 6.10. The maximum Gasteiger partial charge on any atom is 0.250 e. The van der Waals surface area contributed by atoms with E-state index in [9.17, 15) is 46.0 Å². The van der Waals surface area contributed by atoms with Gasteiger partial charge in [-0.05, 0) is 7.05 Å². The van der Waals surface area contributed by atoms with Gasteiger partial charge in [0.25, 0.3) is 0 Å². The molecule has 3 aliphatic rings. The minimum atomic E-state index is -2.93.